The second kappa shape index (κ2) is 8.20. The Hall–Kier alpha value is -2.28. The Labute approximate surface area is 157 Å². The molecular weight excluding hydrogens is 374 g/mol. The van der Waals surface area contributed by atoms with E-state index < -0.39 is 5.92 Å². The number of aryl methyl sites for hydroxylation is 1. The minimum Gasteiger partial charge on any atom is -0.330 e. The molecule has 25 heavy (non-hydrogen) atoms. The molecular formula is C16H13N5OS3. The zero-order valence-corrected chi connectivity index (χ0v) is 15.6. The Morgan fingerprint density at radius 3 is 2.84 bits per heavy atom. The van der Waals surface area contributed by atoms with Crippen LogP contribution in [0.4, 0.5) is 10.8 Å². The van der Waals surface area contributed by atoms with Gasteiger partial charge >= 0.3 is 0 Å². The Morgan fingerprint density at radius 2 is 2.16 bits per heavy atom. The molecule has 0 fully saturated rings. The van der Waals surface area contributed by atoms with Crippen molar-refractivity contribution in [3.63, 3.8) is 0 Å². The number of nitrogens with one attached hydrogen (secondary N) is 1. The minimum absolute atomic E-state index is 0.164. The van der Waals surface area contributed by atoms with Crippen LogP contribution in [0.5, 0.6) is 0 Å². The molecule has 3 aromatic rings. The third kappa shape index (κ3) is 4.63. The Bertz CT molecular complexity index is 900. The maximum Gasteiger partial charge on any atom is 0.210 e. The number of nitrogens with zero attached hydrogens (tertiary/aromatic N) is 4. The summed E-state index contributed by atoms with van der Waals surface area (Å²) in [4.78, 5) is 16.6. The van der Waals surface area contributed by atoms with Crippen LogP contribution < -0.4 is 5.32 Å². The molecule has 0 spiro atoms. The highest BCUT2D eigenvalue weighted by molar-refractivity contribution is 8.01. The van der Waals surface area contributed by atoms with Crippen molar-refractivity contribution in [3.05, 3.63) is 46.4 Å². The number of thioether (sulfide) groups is 1. The van der Waals surface area contributed by atoms with E-state index in [9.17, 15) is 10.1 Å². The van der Waals surface area contributed by atoms with E-state index in [0.29, 0.717) is 14.5 Å². The normalized spacial score (nSPS) is 11.7. The van der Waals surface area contributed by atoms with Crippen molar-refractivity contribution in [1.29, 1.82) is 5.26 Å². The average Bonchev–Trinajstić information content (AvgIpc) is 3.24. The highest BCUT2D eigenvalue weighted by Crippen LogP contribution is 2.29. The lowest BCUT2D eigenvalue weighted by atomic mass is 10.1. The monoisotopic (exact) mass is 387 g/mol. The summed E-state index contributed by atoms with van der Waals surface area (Å²) in [6, 6.07) is 11.7. The zero-order chi connectivity index (χ0) is 17.6. The summed E-state index contributed by atoms with van der Waals surface area (Å²) in [5.74, 6) is -0.827. The number of para-hydroxylation sites is 1. The van der Waals surface area contributed by atoms with E-state index in [2.05, 4.69) is 20.5 Å². The fourth-order valence-corrected chi connectivity index (χ4v) is 4.49. The lowest BCUT2D eigenvalue weighted by Gasteiger charge is -2.03. The van der Waals surface area contributed by atoms with E-state index in [1.807, 2.05) is 48.7 Å². The predicted molar refractivity (Wildman–Crippen MR) is 101 cm³/mol. The molecule has 1 aromatic carbocycles. The van der Waals surface area contributed by atoms with E-state index in [1.54, 1.807) is 0 Å². The molecule has 1 N–H and O–H groups in total. The molecule has 3 rings (SSSR count). The molecule has 126 valence electrons. The molecule has 0 bridgehead atoms. The maximum atomic E-state index is 12.3. The van der Waals surface area contributed by atoms with Gasteiger partial charge in [-0.1, -0.05) is 41.3 Å². The first kappa shape index (κ1) is 17.5. The number of Topliss-reactive ketones (excluding diaryl/α,β-unsaturated/α-hetero) is 1. The first-order chi connectivity index (χ1) is 12.2. The summed E-state index contributed by atoms with van der Waals surface area (Å²) in [5.41, 5.74) is 1.75. The number of rotatable bonds is 7. The predicted octanol–water partition coefficient (Wildman–Crippen LogP) is 4.02. The third-order valence-electron chi connectivity index (χ3n) is 3.10. The van der Waals surface area contributed by atoms with Gasteiger partial charge in [-0.05, 0) is 19.1 Å². The molecule has 2 aromatic heterocycles. The Balaban J connectivity index is 1.58. The van der Waals surface area contributed by atoms with E-state index in [-0.39, 0.29) is 11.5 Å². The lowest BCUT2D eigenvalue weighted by molar-refractivity contribution is -0.116. The van der Waals surface area contributed by atoms with E-state index in [1.165, 1.54) is 34.4 Å². The number of aromatic nitrogens is 3. The molecule has 0 saturated carbocycles. The van der Waals surface area contributed by atoms with Gasteiger partial charge in [0, 0.05) is 16.8 Å². The van der Waals surface area contributed by atoms with Gasteiger partial charge in [0.25, 0.3) is 0 Å². The third-order valence-corrected chi connectivity index (χ3v) is 6.13. The van der Waals surface area contributed by atoms with Crippen LogP contribution in [-0.2, 0) is 4.79 Å². The van der Waals surface area contributed by atoms with Gasteiger partial charge in [0.05, 0.1) is 11.8 Å². The average molecular weight is 388 g/mol. The standard InChI is InChI=1S/C16H13N5OS3/c1-10-8-23-14(18-10)12(7-17)13(22)9-24-16-21-20-15(25-16)19-11-5-3-2-4-6-11/h2-6,8,12H,9H2,1H3,(H,19,20)/t12-/m1/s1. The van der Waals surface area contributed by atoms with Crippen LogP contribution in [0.1, 0.15) is 16.6 Å². The largest absolute Gasteiger partial charge is 0.330 e. The van der Waals surface area contributed by atoms with Gasteiger partial charge in [-0.15, -0.1) is 21.5 Å². The summed E-state index contributed by atoms with van der Waals surface area (Å²) in [6.07, 6.45) is 0. The van der Waals surface area contributed by atoms with Crippen molar-refractivity contribution in [2.45, 2.75) is 17.2 Å². The number of hydrogen-bond acceptors (Lipinski definition) is 9. The molecule has 0 radical (unpaired) electrons. The molecule has 0 aliphatic heterocycles. The fourth-order valence-electron chi connectivity index (χ4n) is 1.95. The van der Waals surface area contributed by atoms with Crippen LogP contribution in [-0.4, -0.2) is 26.7 Å². The molecule has 0 amide bonds. The summed E-state index contributed by atoms with van der Waals surface area (Å²) in [6.45, 7) is 1.84. The van der Waals surface area contributed by atoms with Crippen molar-refractivity contribution in [1.82, 2.24) is 15.2 Å². The van der Waals surface area contributed by atoms with Gasteiger partial charge < -0.3 is 5.32 Å². The van der Waals surface area contributed by atoms with Crippen LogP contribution >= 0.6 is 34.4 Å². The number of nitriles is 1. The first-order valence-electron chi connectivity index (χ1n) is 7.28. The van der Waals surface area contributed by atoms with Crippen LogP contribution in [0.15, 0.2) is 40.1 Å². The van der Waals surface area contributed by atoms with Gasteiger partial charge in [-0.2, -0.15) is 5.26 Å². The molecule has 0 unspecified atom stereocenters. The van der Waals surface area contributed by atoms with Gasteiger partial charge in [0.1, 0.15) is 5.01 Å². The molecule has 2 heterocycles. The number of carbonyl (C=O) groups excluding carboxylic acids is 1. The fraction of sp³-hybridized carbons (Fsp3) is 0.188. The lowest BCUT2D eigenvalue weighted by Crippen LogP contribution is -2.13. The van der Waals surface area contributed by atoms with Gasteiger partial charge in [-0.3, -0.25) is 4.79 Å². The van der Waals surface area contributed by atoms with Crippen LogP contribution in [0.25, 0.3) is 0 Å². The summed E-state index contributed by atoms with van der Waals surface area (Å²) in [5, 5.41) is 23.6. The molecule has 9 heteroatoms. The molecule has 0 saturated heterocycles. The smallest absolute Gasteiger partial charge is 0.210 e. The van der Waals surface area contributed by atoms with Crippen molar-refractivity contribution in [2.24, 2.45) is 0 Å². The number of anilines is 2. The second-order valence-electron chi connectivity index (χ2n) is 5.01. The van der Waals surface area contributed by atoms with Crippen LogP contribution in [0, 0.1) is 18.3 Å². The van der Waals surface area contributed by atoms with Crippen molar-refractivity contribution in [2.75, 3.05) is 11.1 Å². The van der Waals surface area contributed by atoms with Crippen molar-refractivity contribution >= 4 is 51.0 Å². The van der Waals surface area contributed by atoms with E-state index >= 15 is 0 Å². The molecule has 1 atom stereocenters. The topological polar surface area (TPSA) is 91.6 Å². The number of hydrogen-bond donors (Lipinski definition) is 1. The number of carbonyl (C=O) groups is 1. The number of thiazole rings is 1. The van der Waals surface area contributed by atoms with Gasteiger partial charge in [0.15, 0.2) is 16.0 Å². The number of ketones is 1. The SMILES string of the molecule is Cc1csc([C@H](C#N)C(=O)CSc2nnc(Nc3ccccc3)s2)n1. The Kier molecular flexibility index (Phi) is 5.75. The van der Waals surface area contributed by atoms with Crippen LogP contribution in [0.3, 0.4) is 0 Å². The number of benzene rings is 1. The summed E-state index contributed by atoms with van der Waals surface area (Å²) < 4.78 is 0.679. The minimum atomic E-state index is -0.818. The quantitative estimate of drug-likeness (QED) is 0.612. The summed E-state index contributed by atoms with van der Waals surface area (Å²) in [7, 11) is 0. The highest BCUT2D eigenvalue weighted by atomic mass is 32.2. The zero-order valence-electron chi connectivity index (χ0n) is 13.2. The maximum absolute atomic E-state index is 12.3. The van der Waals surface area contributed by atoms with Crippen LogP contribution in [0.2, 0.25) is 0 Å². The van der Waals surface area contributed by atoms with Crippen molar-refractivity contribution in [3.8, 4) is 6.07 Å². The Morgan fingerprint density at radius 1 is 1.36 bits per heavy atom. The van der Waals surface area contributed by atoms with Gasteiger partial charge in [-0.25, -0.2) is 4.98 Å². The molecule has 0 aliphatic rings. The second-order valence-corrected chi connectivity index (χ2v) is 8.10. The summed E-state index contributed by atoms with van der Waals surface area (Å²) >= 11 is 4.00. The molecule has 6 nitrogen and oxygen atoms in total. The first-order valence-corrected chi connectivity index (χ1v) is 9.96. The van der Waals surface area contributed by atoms with Crippen molar-refractivity contribution < 1.29 is 4.79 Å². The molecule has 0 aliphatic carbocycles. The van der Waals surface area contributed by atoms with Gasteiger partial charge in [0.2, 0.25) is 5.13 Å². The van der Waals surface area contributed by atoms with E-state index in [0.717, 1.165) is 11.4 Å². The van der Waals surface area contributed by atoms with E-state index in [4.69, 9.17) is 0 Å². The highest BCUT2D eigenvalue weighted by Gasteiger charge is 2.23.